The molecule has 0 bridgehead atoms. The molecule has 0 N–H and O–H groups in total. The number of nitro benzene ring substituents is 1. The average Bonchev–Trinajstić information content (AvgIpc) is 2.89. The van der Waals surface area contributed by atoms with Crippen molar-refractivity contribution in [2.24, 2.45) is 0 Å². The first-order chi connectivity index (χ1) is 17.3. The Morgan fingerprint density at radius 3 is 2.19 bits per heavy atom. The van der Waals surface area contributed by atoms with Gasteiger partial charge < -0.3 is 14.2 Å². The molecule has 0 saturated heterocycles. The summed E-state index contributed by atoms with van der Waals surface area (Å²) in [5, 5.41) is 10.8. The normalized spacial score (nSPS) is 10.9. The van der Waals surface area contributed by atoms with Gasteiger partial charge in [-0.05, 0) is 60.9 Å². The standard InChI is InChI=1S/C27H26N2O7/c1-4-34-25(26(30)35-5-2)17-19-9-11-20(12-10-19)21-7-6-8-23(18-21)28(3)27(31)36-24-15-13-22(14-16-24)29(32)33/h6-18H,4-5H2,1-3H3. The molecule has 0 atom stereocenters. The highest BCUT2D eigenvalue weighted by molar-refractivity contribution is 5.92. The number of esters is 1. The number of anilines is 1. The maximum atomic E-state index is 12.6. The lowest BCUT2D eigenvalue weighted by Crippen LogP contribution is -2.29. The lowest BCUT2D eigenvalue weighted by molar-refractivity contribution is -0.384. The monoisotopic (exact) mass is 490 g/mol. The molecule has 0 saturated carbocycles. The summed E-state index contributed by atoms with van der Waals surface area (Å²) in [4.78, 5) is 36.3. The molecule has 0 aliphatic rings. The van der Waals surface area contributed by atoms with E-state index in [2.05, 4.69) is 0 Å². The van der Waals surface area contributed by atoms with E-state index in [1.54, 1.807) is 33.0 Å². The van der Waals surface area contributed by atoms with E-state index in [-0.39, 0.29) is 23.8 Å². The van der Waals surface area contributed by atoms with Gasteiger partial charge in [0.15, 0.2) is 0 Å². The number of nitrogens with zero attached hydrogens (tertiary/aromatic N) is 2. The number of non-ortho nitro benzene ring substituents is 1. The van der Waals surface area contributed by atoms with Gasteiger partial charge in [0.25, 0.3) is 5.69 Å². The molecule has 186 valence electrons. The Labute approximate surface area is 208 Å². The summed E-state index contributed by atoms with van der Waals surface area (Å²) >= 11 is 0. The number of benzene rings is 3. The molecule has 36 heavy (non-hydrogen) atoms. The van der Waals surface area contributed by atoms with Gasteiger partial charge in [-0.1, -0.05) is 36.4 Å². The molecular weight excluding hydrogens is 464 g/mol. The summed E-state index contributed by atoms with van der Waals surface area (Å²) in [7, 11) is 1.57. The minimum absolute atomic E-state index is 0.0904. The van der Waals surface area contributed by atoms with Crippen LogP contribution in [0.1, 0.15) is 19.4 Å². The van der Waals surface area contributed by atoms with Crippen molar-refractivity contribution in [1.82, 2.24) is 0 Å². The summed E-state index contributed by atoms with van der Waals surface area (Å²) in [6, 6.07) is 20.1. The highest BCUT2D eigenvalue weighted by Gasteiger charge is 2.16. The van der Waals surface area contributed by atoms with Crippen LogP contribution in [-0.4, -0.2) is 37.2 Å². The Hall–Kier alpha value is -4.66. The van der Waals surface area contributed by atoms with E-state index in [1.165, 1.54) is 29.2 Å². The van der Waals surface area contributed by atoms with Gasteiger partial charge in [0.2, 0.25) is 5.76 Å². The van der Waals surface area contributed by atoms with Gasteiger partial charge in [0.05, 0.1) is 18.1 Å². The summed E-state index contributed by atoms with van der Waals surface area (Å²) < 4.78 is 15.8. The topological polar surface area (TPSA) is 108 Å². The van der Waals surface area contributed by atoms with Crippen LogP contribution < -0.4 is 9.64 Å². The van der Waals surface area contributed by atoms with Gasteiger partial charge in [0, 0.05) is 24.9 Å². The number of ether oxygens (including phenoxy) is 3. The second kappa shape index (κ2) is 12.2. The van der Waals surface area contributed by atoms with Crippen molar-refractivity contribution < 1.29 is 28.7 Å². The lowest BCUT2D eigenvalue weighted by Gasteiger charge is -2.18. The first kappa shape index (κ1) is 26.0. The number of amides is 1. The van der Waals surface area contributed by atoms with Crippen LogP contribution in [0.15, 0.2) is 78.6 Å². The number of hydrogen-bond acceptors (Lipinski definition) is 7. The third kappa shape index (κ3) is 6.69. The molecule has 0 aromatic heterocycles. The van der Waals surface area contributed by atoms with Crippen LogP contribution in [0.4, 0.5) is 16.2 Å². The quantitative estimate of drug-likeness (QED) is 0.122. The third-order valence-corrected chi connectivity index (χ3v) is 5.08. The zero-order valence-corrected chi connectivity index (χ0v) is 20.2. The first-order valence-electron chi connectivity index (χ1n) is 11.2. The molecule has 0 unspecified atom stereocenters. The Kier molecular flexibility index (Phi) is 8.77. The van der Waals surface area contributed by atoms with E-state index in [1.807, 2.05) is 42.5 Å². The number of carbonyl (C=O) groups is 2. The van der Waals surface area contributed by atoms with Crippen molar-refractivity contribution in [3.63, 3.8) is 0 Å². The summed E-state index contributed by atoms with van der Waals surface area (Å²) in [6.45, 7) is 4.13. The van der Waals surface area contributed by atoms with Crippen LogP contribution in [0.3, 0.4) is 0 Å². The molecule has 0 fully saturated rings. The number of carbonyl (C=O) groups excluding carboxylic acids is 2. The molecule has 0 aliphatic carbocycles. The number of rotatable bonds is 9. The zero-order chi connectivity index (χ0) is 26.1. The Bertz CT molecular complexity index is 1250. The van der Waals surface area contributed by atoms with E-state index < -0.39 is 17.0 Å². The molecule has 0 aliphatic heterocycles. The van der Waals surface area contributed by atoms with E-state index in [4.69, 9.17) is 14.2 Å². The number of hydrogen-bond donors (Lipinski definition) is 0. The highest BCUT2D eigenvalue weighted by Crippen LogP contribution is 2.26. The Balaban J connectivity index is 1.74. The van der Waals surface area contributed by atoms with Crippen molar-refractivity contribution in [2.45, 2.75) is 13.8 Å². The van der Waals surface area contributed by atoms with Gasteiger partial charge in [0.1, 0.15) is 5.75 Å². The summed E-state index contributed by atoms with van der Waals surface area (Å²) in [5.41, 5.74) is 3.06. The fourth-order valence-corrected chi connectivity index (χ4v) is 3.25. The van der Waals surface area contributed by atoms with Crippen molar-refractivity contribution in [3.8, 4) is 16.9 Å². The minimum Gasteiger partial charge on any atom is -0.487 e. The predicted octanol–water partition coefficient (Wildman–Crippen LogP) is 5.84. The second-order valence-corrected chi connectivity index (χ2v) is 7.51. The highest BCUT2D eigenvalue weighted by atomic mass is 16.6. The van der Waals surface area contributed by atoms with Crippen molar-refractivity contribution in [1.29, 1.82) is 0 Å². The van der Waals surface area contributed by atoms with E-state index in [9.17, 15) is 19.7 Å². The SMILES string of the molecule is CCOC(=O)C(=Cc1ccc(-c2cccc(N(C)C(=O)Oc3ccc([N+](=O)[O-])cc3)c2)cc1)OCC. The molecule has 0 heterocycles. The Morgan fingerprint density at radius 1 is 0.917 bits per heavy atom. The summed E-state index contributed by atoms with van der Waals surface area (Å²) in [5.74, 6) is -0.173. The molecule has 3 aromatic rings. The smallest absolute Gasteiger partial charge is 0.419 e. The van der Waals surface area contributed by atoms with Crippen LogP contribution in [0.2, 0.25) is 0 Å². The average molecular weight is 491 g/mol. The van der Waals surface area contributed by atoms with Crippen molar-refractivity contribution in [3.05, 3.63) is 94.2 Å². The van der Waals surface area contributed by atoms with Crippen LogP contribution >= 0.6 is 0 Å². The molecular formula is C27H26N2O7. The third-order valence-electron chi connectivity index (χ3n) is 5.08. The van der Waals surface area contributed by atoms with E-state index in [0.29, 0.717) is 12.3 Å². The van der Waals surface area contributed by atoms with E-state index in [0.717, 1.165) is 16.7 Å². The minimum atomic E-state index is -0.635. The largest absolute Gasteiger partial charge is 0.487 e. The molecule has 0 radical (unpaired) electrons. The van der Waals surface area contributed by atoms with Gasteiger partial charge in [-0.25, -0.2) is 9.59 Å². The number of nitro groups is 1. The van der Waals surface area contributed by atoms with Gasteiger partial charge in [-0.15, -0.1) is 0 Å². The molecule has 3 rings (SSSR count). The Morgan fingerprint density at radius 2 is 1.58 bits per heavy atom. The lowest BCUT2D eigenvalue weighted by atomic mass is 10.0. The van der Waals surface area contributed by atoms with Crippen molar-refractivity contribution >= 4 is 29.5 Å². The maximum Gasteiger partial charge on any atom is 0.419 e. The molecule has 0 spiro atoms. The van der Waals surface area contributed by atoms with Crippen molar-refractivity contribution in [2.75, 3.05) is 25.2 Å². The predicted molar refractivity (Wildman–Crippen MR) is 136 cm³/mol. The van der Waals surface area contributed by atoms with Crippen LogP contribution in [0, 0.1) is 10.1 Å². The van der Waals surface area contributed by atoms with Gasteiger partial charge >= 0.3 is 12.1 Å². The van der Waals surface area contributed by atoms with Crippen LogP contribution in [0.5, 0.6) is 5.75 Å². The fourth-order valence-electron chi connectivity index (χ4n) is 3.25. The van der Waals surface area contributed by atoms with E-state index >= 15 is 0 Å². The zero-order valence-electron chi connectivity index (χ0n) is 20.2. The first-order valence-corrected chi connectivity index (χ1v) is 11.2. The fraction of sp³-hybridized carbons (Fsp3) is 0.185. The molecule has 3 aromatic carbocycles. The van der Waals surface area contributed by atoms with Gasteiger partial charge in [-0.3, -0.25) is 15.0 Å². The van der Waals surface area contributed by atoms with Gasteiger partial charge in [-0.2, -0.15) is 0 Å². The van der Waals surface area contributed by atoms with Crippen LogP contribution in [-0.2, 0) is 14.3 Å². The maximum absolute atomic E-state index is 12.6. The molecule has 9 nitrogen and oxygen atoms in total. The molecule has 1 amide bonds. The second-order valence-electron chi connectivity index (χ2n) is 7.51. The van der Waals surface area contributed by atoms with Crippen LogP contribution in [0.25, 0.3) is 17.2 Å². The summed E-state index contributed by atoms with van der Waals surface area (Å²) in [6.07, 6.45) is 0.993. The molecule has 9 heteroatoms.